The van der Waals surface area contributed by atoms with E-state index < -0.39 is 17.8 Å². The van der Waals surface area contributed by atoms with Gasteiger partial charge in [0.15, 0.2) is 6.17 Å². The van der Waals surface area contributed by atoms with Crippen molar-refractivity contribution in [2.24, 2.45) is 0 Å². The highest BCUT2D eigenvalue weighted by atomic mass is 19.1. The fourth-order valence-corrected chi connectivity index (χ4v) is 4.75. The van der Waals surface area contributed by atoms with E-state index in [0.717, 1.165) is 18.5 Å². The highest BCUT2D eigenvalue weighted by molar-refractivity contribution is 5.68. The molecule has 2 N–H and O–H groups in total. The average Bonchev–Trinajstić information content (AvgIpc) is 3.34. The minimum atomic E-state index is -1.12. The van der Waals surface area contributed by atoms with Crippen molar-refractivity contribution in [1.82, 2.24) is 25.3 Å². The van der Waals surface area contributed by atoms with E-state index in [0.29, 0.717) is 17.7 Å². The number of fused-ring (bicyclic) bond motifs is 2. The fraction of sp³-hybridized carbons (Fsp3) is 0.409. The van der Waals surface area contributed by atoms with Gasteiger partial charge in [0.25, 0.3) is 0 Å². The van der Waals surface area contributed by atoms with E-state index in [9.17, 15) is 5.11 Å². The van der Waals surface area contributed by atoms with Crippen molar-refractivity contribution in [2.45, 2.75) is 56.5 Å². The van der Waals surface area contributed by atoms with Crippen molar-refractivity contribution in [3.8, 4) is 28.6 Å². The zero-order valence-electron chi connectivity index (χ0n) is 16.9. The molecular formula is C22H24FN5O2. The maximum Gasteiger partial charge on any atom is 0.233 e. The molecular weight excluding hydrogens is 385 g/mol. The van der Waals surface area contributed by atoms with Crippen LogP contribution in [0.4, 0.5) is 4.39 Å². The minimum absolute atomic E-state index is 0.0746. The highest BCUT2D eigenvalue weighted by Gasteiger charge is 2.56. The Labute approximate surface area is 173 Å². The van der Waals surface area contributed by atoms with Gasteiger partial charge in [0.2, 0.25) is 5.88 Å². The molecule has 2 saturated heterocycles. The predicted molar refractivity (Wildman–Crippen MR) is 109 cm³/mol. The van der Waals surface area contributed by atoms with Crippen LogP contribution in [0.25, 0.3) is 16.9 Å². The number of piperidine rings is 1. The number of benzene rings is 1. The number of phenolic OH excluding ortho intramolecular Hbond substituents is 1. The first-order valence-electron chi connectivity index (χ1n) is 10.1. The monoisotopic (exact) mass is 409 g/mol. The van der Waals surface area contributed by atoms with Crippen LogP contribution in [-0.4, -0.2) is 48.4 Å². The molecule has 2 aliphatic rings. The number of nitrogens with zero attached hydrogens (tertiary/aromatic N) is 4. The summed E-state index contributed by atoms with van der Waals surface area (Å²) in [7, 11) is 0. The molecule has 5 rings (SSSR count). The van der Waals surface area contributed by atoms with E-state index in [2.05, 4.69) is 27.5 Å². The molecule has 0 amide bonds. The fourth-order valence-electron chi connectivity index (χ4n) is 4.75. The number of ether oxygens (including phenoxy) is 1. The number of aromatic hydroxyl groups is 1. The summed E-state index contributed by atoms with van der Waals surface area (Å²) in [4.78, 5) is 0. The molecule has 4 heterocycles. The van der Waals surface area contributed by atoms with Crippen LogP contribution in [0.2, 0.25) is 0 Å². The van der Waals surface area contributed by atoms with Gasteiger partial charge in [-0.2, -0.15) is 5.10 Å². The van der Waals surface area contributed by atoms with Gasteiger partial charge in [0, 0.05) is 42.0 Å². The number of aromatic nitrogens is 4. The molecule has 156 valence electrons. The lowest BCUT2D eigenvalue weighted by Crippen LogP contribution is -2.63. The van der Waals surface area contributed by atoms with Gasteiger partial charge in [-0.3, -0.25) is 0 Å². The Kier molecular flexibility index (Phi) is 4.28. The van der Waals surface area contributed by atoms with E-state index in [1.165, 1.54) is 0 Å². The van der Waals surface area contributed by atoms with Gasteiger partial charge in [-0.1, -0.05) is 0 Å². The Morgan fingerprint density at radius 1 is 1.20 bits per heavy atom. The first kappa shape index (κ1) is 19.0. The zero-order valence-corrected chi connectivity index (χ0v) is 16.9. The van der Waals surface area contributed by atoms with Crippen molar-refractivity contribution in [3.05, 3.63) is 48.8 Å². The Morgan fingerprint density at radius 2 is 2.07 bits per heavy atom. The molecule has 0 unspecified atom stereocenters. The lowest BCUT2D eigenvalue weighted by Gasteiger charge is -2.43. The standard InChI is InChI=1S/C22H24FN5O2/c1-21-8-9-22(2,27-21)20(23)18(13-21)30-19-7-6-16(25-26-19)15-5-4-14(12-17(15)29)28-11-3-10-24-28/h3-7,10-12,18,20,27,29H,8-9,13H2,1-2H3/t18-,20-,21-,22+/m1/s1. The summed E-state index contributed by atoms with van der Waals surface area (Å²) >= 11 is 0. The quantitative estimate of drug-likeness (QED) is 0.687. The second-order valence-electron chi connectivity index (χ2n) is 8.77. The summed E-state index contributed by atoms with van der Waals surface area (Å²) in [6, 6.07) is 10.4. The lowest BCUT2D eigenvalue weighted by atomic mass is 9.85. The molecule has 0 spiro atoms. The van der Waals surface area contributed by atoms with Crippen LogP contribution in [0, 0.1) is 0 Å². The third-order valence-corrected chi connectivity index (χ3v) is 6.31. The SMILES string of the molecule is C[C@]12CC[C@](C)(N1)[C@H](F)[C@H](Oc1ccc(-c3ccc(-n4cccn4)cc3O)nn1)C2. The van der Waals surface area contributed by atoms with Gasteiger partial charge >= 0.3 is 0 Å². The van der Waals surface area contributed by atoms with Crippen LogP contribution in [-0.2, 0) is 0 Å². The lowest BCUT2D eigenvalue weighted by molar-refractivity contribution is -0.00951. The molecule has 0 aliphatic carbocycles. The summed E-state index contributed by atoms with van der Waals surface area (Å²) in [5, 5.41) is 26.3. The maximum absolute atomic E-state index is 15.1. The Morgan fingerprint density at radius 3 is 2.77 bits per heavy atom. The van der Waals surface area contributed by atoms with Crippen molar-refractivity contribution in [2.75, 3.05) is 0 Å². The third-order valence-electron chi connectivity index (χ3n) is 6.31. The first-order chi connectivity index (χ1) is 14.4. The van der Waals surface area contributed by atoms with Crippen molar-refractivity contribution < 1.29 is 14.2 Å². The molecule has 8 heteroatoms. The van der Waals surface area contributed by atoms with Gasteiger partial charge in [-0.15, -0.1) is 10.2 Å². The summed E-state index contributed by atoms with van der Waals surface area (Å²) in [6.45, 7) is 4.04. The van der Waals surface area contributed by atoms with Gasteiger partial charge in [-0.05, 0) is 51.0 Å². The number of hydrogen-bond donors (Lipinski definition) is 2. The molecule has 4 atom stereocenters. The Bertz CT molecular complexity index is 1060. The molecule has 2 bridgehead atoms. The molecule has 2 aliphatic heterocycles. The topological polar surface area (TPSA) is 85.1 Å². The minimum Gasteiger partial charge on any atom is -0.507 e. The van der Waals surface area contributed by atoms with E-state index >= 15 is 4.39 Å². The van der Waals surface area contributed by atoms with Crippen LogP contribution in [0.15, 0.2) is 48.8 Å². The van der Waals surface area contributed by atoms with Crippen molar-refractivity contribution in [3.63, 3.8) is 0 Å². The second kappa shape index (κ2) is 6.77. The number of rotatable bonds is 4. The average molecular weight is 409 g/mol. The van der Waals surface area contributed by atoms with Gasteiger partial charge in [0.05, 0.1) is 16.9 Å². The molecule has 1 aromatic carbocycles. The highest BCUT2D eigenvalue weighted by Crippen LogP contribution is 2.44. The zero-order chi connectivity index (χ0) is 20.9. The van der Waals surface area contributed by atoms with Gasteiger partial charge in [0.1, 0.15) is 11.9 Å². The number of hydrogen-bond acceptors (Lipinski definition) is 6. The van der Waals surface area contributed by atoms with Gasteiger partial charge in [-0.25, -0.2) is 9.07 Å². The molecule has 3 aromatic rings. The number of phenols is 1. The molecule has 2 fully saturated rings. The third kappa shape index (κ3) is 3.21. The van der Waals surface area contributed by atoms with E-state index in [1.54, 1.807) is 41.3 Å². The Hall–Kier alpha value is -3.00. The summed E-state index contributed by atoms with van der Waals surface area (Å²) in [5.41, 5.74) is 1.12. The maximum atomic E-state index is 15.1. The van der Waals surface area contributed by atoms with Crippen LogP contribution < -0.4 is 10.1 Å². The van der Waals surface area contributed by atoms with Gasteiger partial charge < -0.3 is 15.2 Å². The summed E-state index contributed by atoms with van der Waals surface area (Å²) in [6.07, 6.45) is 4.10. The predicted octanol–water partition coefficient (Wildman–Crippen LogP) is 3.42. The smallest absolute Gasteiger partial charge is 0.233 e. The van der Waals surface area contributed by atoms with E-state index in [1.807, 2.05) is 19.1 Å². The van der Waals surface area contributed by atoms with Crippen LogP contribution >= 0.6 is 0 Å². The van der Waals surface area contributed by atoms with E-state index in [-0.39, 0.29) is 17.2 Å². The summed E-state index contributed by atoms with van der Waals surface area (Å²) < 4.78 is 22.6. The second-order valence-corrected chi connectivity index (χ2v) is 8.77. The number of nitrogens with one attached hydrogen (secondary N) is 1. The van der Waals surface area contributed by atoms with E-state index in [4.69, 9.17) is 4.74 Å². The largest absolute Gasteiger partial charge is 0.507 e. The van der Waals surface area contributed by atoms with Crippen LogP contribution in [0.5, 0.6) is 11.6 Å². The van der Waals surface area contributed by atoms with Crippen LogP contribution in [0.3, 0.4) is 0 Å². The number of alkyl halides is 1. The normalized spacial score (nSPS) is 30.4. The molecule has 30 heavy (non-hydrogen) atoms. The molecule has 2 aromatic heterocycles. The molecule has 0 radical (unpaired) electrons. The van der Waals surface area contributed by atoms with Crippen molar-refractivity contribution >= 4 is 0 Å². The Balaban J connectivity index is 1.34. The van der Waals surface area contributed by atoms with Crippen LogP contribution in [0.1, 0.15) is 33.1 Å². The van der Waals surface area contributed by atoms with Crippen molar-refractivity contribution in [1.29, 1.82) is 0 Å². The first-order valence-corrected chi connectivity index (χ1v) is 10.1. The number of halogens is 1. The summed E-state index contributed by atoms with van der Waals surface area (Å²) in [5.74, 6) is 0.359. The molecule has 0 saturated carbocycles. The molecule has 7 nitrogen and oxygen atoms in total.